The van der Waals surface area contributed by atoms with Crippen molar-refractivity contribution >= 4 is 21.4 Å². The van der Waals surface area contributed by atoms with Crippen molar-refractivity contribution in [2.75, 3.05) is 33.2 Å². The van der Waals surface area contributed by atoms with Crippen LogP contribution in [0.4, 0.5) is 0 Å². The largest absolute Gasteiger partial charge is 0.493 e. The van der Waals surface area contributed by atoms with E-state index in [1.807, 2.05) is 12.1 Å². The van der Waals surface area contributed by atoms with Crippen LogP contribution in [0.2, 0.25) is 0 Å². The summed E-state index contributed by atoms with van der Waals surface area (Å²) in [5, 5.41) is 4.13. The summed E-state index contributed by atoms with van der Waals surface area (Å²) in [7, 11) is -1.69. The van der Waals surface area contributed by atoms with Gasteiger partial charge in [0.1, 0.15) is 0 Å². The predicted molar refractivity (Wildman–Crippen MR) is 99.4 cm³/mol. The number of ether oxygens (including phenoxy) is 3. The fourth-order valence-electron chi connectivity index (χ4n) is 3.65. The molecule has 0 radical (unpaired) electrons. The Morgan fingerprint density at radius 3 is 3.00 bits per heavy atom. The first kappa shape index (κ1) is 18.5. The number of piperidine rings is 1. The van der Waals surface area contributed by atoms with Crippen molar-refractivity contribution < 1.29 is 22.6 Å². The van der Waals surface area contributed by atoms with Gasteiger partial charge in [-0.15, -0.1) is 5.10 Å². The molecule has 146 valence electrons. The fraction of sp³-hybridized carbons (Fsp3) is 0.529. The van der Waals surface area contributed by atoms with E-state index >= 15 is 0 Å². The van der Waals surface area contributed by atoms with Crippen molar-refractivity contribution in [3.05, 3.63) is 23.4 Å². The minimum absolute atomic E-state index is 0.0677. The van der Waals surface area contributed by atoms with E-state index in [1.165, 1.54) is 6.26 Å². The molecule has 1 saturated heterocycles. The average Bonchev–Trinajstić information content (AvgIpc) is 3.30. The van der Waals surface area contributed by atoms with E-state index in [0.29, 0.717) is 27.2 Å². The number of methoxy groups -OCH3 is 1. The van der Waals surface area contributed by atoms with E-state index in [4.69, 9.17) is 14.2 Å². The van der Waals surface area contributed by atoms with E-state index in [-0.39, 0.29) is 12.7 Å². The second kappa shape index (κ2) is 7.25. The number of nitrogens with zero attached hydrogens (tertiary/aromatic N) is 3. The Kier molecular flexibility index (Phi) is 4.95. The summed E-state index contributed by atoms with van der Waals surface area (Å²) in [6.45, 7) is 2.60. The van der Waals surface area contributed by atoms with Crippen molar-refractivity contribution in [3.63, 3.8) is 0 Å². The molecule has 3 heterocycles. The quantitative estimate of drug-likeness (QED) is 0.738. The smallest absolute Gasteiger partial charge is 0.231 e. The normalized spacial score (nSPS) is 20.0. The maximum absolute atomic E-state index is 12.0. The summed E-state index contributed by atoms with van der Waals surface area (Å²) in [5.74, 6) is 2.07. The zero-order valence-electron chi connectivity index (χ0n) is 15.2. The first-order valence-corrected chi connectivity index (χ1v) is 11.3. The first-order valence-electron chi connectivity index (χ1n) is 8.67. The van der Waals surface area contributed by atoms with Crippen LogP contribution in [0.15, 0.2) is 16.3 Å². The molecule has 0 unspecified atom stereocenters. The third kappa shape index (κ3) is 3.74. The number of benzene rings is 1. The van der Waals surface area contributed by atoms with E-state index in [2.05, 4.69) is 14.5 Å². The predicted octanol–water partition coefficient (Wildman–Crippen LogP) is 2.06. The summed E-state index contributed by atoms with van der Waals surface area (Å²) in [6.07, 6.45) is 3.10. The molecule has 10 heteroatoms. The second-order valence-electron chi connectivity index (χ2n) is 6.82. The highest BCUT2D eigenvalue weighted by atomic mass is 32.2. The Labute approximate surface area is 162 Å². The van der Waals surface area contributed by atoms with Gasteiger partial charge in [0.05, 0.1) is 12.8 Å². The monoisotopic (exact) mass is 411 g/mol. The Morgan fingerprint density at radius 1 is 1.37 bits per heavy atom. The highest BCUT2D eigenvalue weighted by molar-refractivity contribution is 7.92. The molecule has 0 spiro atoms. The molecule has 8 nitrogen and oxygen atoms in total. The Balaban J connectivity index is 1.52. The average molecular weight is 412 g/mol. The Hall–Kier alpha value is -1.91. The van der Waals surface area contributed by atoms with Gasteiger partial charge >= 0.3 is 0 Å². The minimum atomic E-state index is -3.30. The van der Waals surface area contributed by atoms with E-state index in [9.17, 15) is 8.42 Å². The molecule has 2 aliphatic heterocycles. The molecule has 2 aliphatic rings. The number of hydrogen-bond donors (Lipinski definition) is 0. The summed E-state index contributed by atoms with van der Waals surface area (Å²) >= 11 is 0.959. The van der Waals surface area contributed by atoms with Crippen LogP contribution in [0.5, 0.6) is 17.2 Å². The first-order chi connectivity index (χ1) is 13.0. The fourth-order valence-corrected chi connectivity index (χ4v) is 5.38. The van der Waals surface area contributed by atoms with E-state index in [0.717, 1.165) is 49.6 Å². The molecule has 1 fully saturated rings. The number of hydrogen-bond acceptors (Lipinski definition) is 9. The molecular formula is C17H21N3O5S2. The third-order valence-electron chi connectivity index (χ3n) is 4.83. The molecule has 0 saturated carbocycles. The Morgan fingerprint density at radius 2 is 2.22 bits per heavy atom. The van der Waals surface area contributed by atoms with Crippen LogP contribution >= 0.6 is 11.5 Å². The van der Waals surface area contributed by atoms with Gasteiger partial charge in [-0.3, -0.25) is 4.90 Å². The molecule has 0 N–H and O–H groups in total. The molecule has 0 bridgehead atoms. The highest BCUT2D eigenvalue weighted by Crippen LogP contribution is 2.42. The molecule has 0 amide bonds. The maximum atomic E-state index is 12.0. The lowest BCUT2D eigenvalue weighted by Gasteiger charge is -2.32. The second-order valence-corrected chi connectivity index (χ2v) is 9.79. The van der Waals surface area contributed by atoms with Crippen LogP contribution in [-0.4, -0.2) is 56.2 Å². The van der Waals surface area contributed by atoms with Gasteiger partial charge in [0.25, 0.3) is 0 Å². The summed E-state index contributed by atoms with van der Waals surface area (Å²) in [6, 6.07) is 3.93. The topological polar surface area (TPSA) is 90.9 Å². The Bertz CT molecular complexity index is 944. The van der Waals surface area contributed by atoms with Crippen LogP contribution in [-0.2, 0) is 16.4 Å². The zero-order chi connectivity index (χ0) is 19.0. The highest BCUT2D eigenvalue weighted by Gasteiger charge is 2.30. The van der Waals surface area contributed by atoms with Crippen LogP contribution in [0, 0.1) is 0 Å². The standard InChI is InChI=1S/C17H21N3O5S2/c1-23-13-6-11(7-14-16(13)25-10-24-14)8-20-5-3-4-12(9-20)15-17(26-19-18-15)27(2,21)22/h6-7,12H,3-5,8-10H2,1-2H3/t12-/m0/s1. The van der Waals surface area contributed by atoms with Crippen LogP contribution in [0.25, 0.3) is 0 Å². The van der Waals surface area contributed by atoms with Gasteiger partial charge < -0.3 is 14.2 Å². The van der Waals surface area contributed by atoms with E-state index < -0.39 is 9.84 Å². The van der Waals surface area contributed by atoms with Crippen molar-refractivity contribution in [2.24, 2.45) is 0 Å². The van der Waals surface area contributed by atoms with Crippen LogP contribution in [0.3, 0.4) is 0 Å². The number of likely N-dealkylation sites (tertiary alicyclic amines) is 1. The summed E-state index contributed by atoms with van der Waals surface area (Å²) in [5.41, 5.74) is 1.67. The zero-order valence-corrected chi connectivity index (χ0v) is 16.8. The van der Waals surface area contributed by atoms with Gasteiger partial charge in [0.2, 0.25) is 12.5 Å². The molecule has 0 aliphatic carbocycles. The van der Waals surface area contributed by atoms with Gasteiger partial charge in [-0.05, 0) is 37.1 Å². The molecule has 27 heavy (non-hydrogen) atoms. The lowest BCUT2D eigenvalue weighted by molar-refractivity contribution is 0.171. The maximum Gasteiger partial charge on any atom is 0.231 e. The summed E-state index contributed by atoms with van der Waals surface area (Å²) < 4.78 is 44.5. The van der Waals surface area contributed by atoms with Crippen LogP contribution in [0.1, 0.15) is 30.0 Å². The van der Waals surface area contributed by atoms with Gasteiger partial charge in [0, 0.05) is 36.8 Å². The van der Waals surface area contributed by atoms with Crippen LogP contribution < -0.4 is 14.2 Å². The van der Waals surface area contributed by atoms with Crippen molar-refractivity contribution in [1.82, 2.24) is 14.5 Å². The van der Waals surface area contributed by atoms with Crippen molar-refractivity contribution in [1.29, 1.82) is 0 Å². The molecule has 4 rings (SSSR count). The van der Waals surface area contributed by atoms with Crippen molar-refractivity contribution in [2.45, 2.75) is 29.5 Å². The SMILES string of the molecule is COc1cc(CN2CCC[C@H](c3nnsc3S(C)(=O)=O)C2)cc2c1OCO2. The van der Waals surface area contributed by atoms with E-state index in [1.54, 1.807) is 7.11 Å². The van der Waals surface area contributed by atoms with Gasteiger partial charge in [-0.2, -0.15) is 0 Å². The van der Waals surface area contributed by atoms with Gasteiger partial charge in [-0.1, -0.05) is 4.49 Å². The number of rotatable bonds is 5. The van der Waals surface area contributed by atoms with Gasteiger partial charge in [0.15, 0.2) is 25.5 Å². The lowest BCUT2D eigenvalue weighted by Crippen LogP contribution is -2.34. The molecule has 1 atom stereocenters. The minimum Gasteiger partial charge on any atom is -0.493 e. The number of aromatic nitrogens is 2. The lowest BCUT2D eigenvalue weighted by atomic mass is 9.95. The summed E-state index contributed by atoms with van der Waals surface area (Å²) in [4.78, 5) is 2.30. The molecule has 2 aromatic rings. The molecular weight excluding hydrogens is 390 g/mol. The van der Waals surface area contributed by atoms with Crippen molar-refractivity contribution in [3.8, 4) is 17.2 Å². The molecule has 1 aromatic heterocycles. The van der Waals surface area contributed by atoms with Gasteiger partial charge in [-0.25, -0.2) is 8.42 Å². The third-order valence-corrected chi connectivity index (χ3v) is 7.39. The number of sulfone groups is 1. The molecule has 1 aromatic carbocycles. The number of fused-ring (bicyclic) bond motifs is 1.